The summed E-state index contributed by atoms with van der Waals surface area (Å²) in [6.07, 6.45) is 0. The molecule has 0 radical (unpaired) electrons. The molecular weight excluding hydrogens is 583 g/mol. The van der Waals surface area contributed by atoms with Crippen molar-refractivity contribution < 1.29 is 0 Å². The zero-order valence-electron chi connectivity index (χ0n) is 26.1. The van der Waals surface area contributed by atoms with E-state index >= 15 is 0 Å². The van der Waals surface area contributed by atoms with Crippen LogP contribution in [0.1, 0.15) is 0 Å². The highest BCUT2D eigenvalue weighted by atomic mass is 15.0. The number of hydrogen-bond donors (Lipinski definition) is 0. The average molecular weight is 612 g/mol. The van der Waals surface area contributed by atoms with Crippen molar-refractivity contribution in [3.8, 4) is 56.4 Å². The van der Waals surface area contributed by atoms with Crippen LogP contribution in [-0.4, -0.2) is 15.0 Å². The average Bonchev–Trinajstić information content (AvgIpc) is 3.18. The van der Waals surface area contributed by atoms with Crippen LogP contribution >= 0.6 is 0 Å². The Labute approximate surface area is 278 Å². The van der Waals surface area contributed by atoms with Crippen molar-refractivity contribution in [2.24, 2.45) is 0 Å². The second kappa shape index (κ2) is 11.7. The standard InChI is InChI=1S/C45H29N3/c1-3-14-30(15-4-1)32-18-11-19-33(28-32)34-20-12-21-35(29-34)44-46-43(31-16-5-2-6-17-31)47-45(48-44)41-27-13-26-40-38-23-8-7-22-36(38)37-24-9-10-25-39(37)42(40)41/h1-29H. The fourth-order valence-electron chi connectivity index (χ4n) is 6.83. The van der Waals surface area contributed by atoms with Gasteiger partial charge in [0, 0.05) is 22.1 Å². The smallest absolute Gasteiger partial charge is 0.164 e. The minimum absolute atomic E-state index is 0.641. The van der Waals surface area contributed by atoms with Gasteiger partial charge < -0.3 is 0 Å². The van der Waals surface area contributed by atoms with E-state index in [9.17, 15) is 0 Å². The van der Waals surface area contributed by atoms with Crippen molar-refractivity contribution in [3.05, 3.63) is 176 Å². The van der Waals surface area contributed by atoms with Gasteiger partial charge in [0.15, 0.2) is 17.5 Å². The van der Waals surface area contributed by atoms with Gasteiger partial charge in [-0.05, 0) is 61.3 Å². The van der Waals surface area contributed by atoms with Crippen molar-refractivity contribution in [3.63, 3.8) is 0 Å². The van der Waals surface area contributed by atoms with Crippen molar-refractivity contribution in [2.75, 3.05) is 0 Å². The molecular formula is C45H29N3. The summed E-state index contributed by atoms with van der Waals surface area (Å²) in [4.78, 5) is 15.4. The molecule has 0 aliphatic carbocycles. The summed E-state index contributed by atoms with van der Waals surface area (Å²) in [5.74, 6) is 1.94. The van der Waals surface area contributed by atoms with E-state index < -0.39 is 0 Å². The number of hydrogen-bond acceptors (Lipinski definition) is 3. The van der Waals surface area contributed by atoms with Crippen LogP contribution in [0.2, 0.25) is 0 Å². The minimum atomic E-state index is 0.641. The Bertz CT molecular complexity index is 2570. The first kappa shape index (κ1) is 27.8. The number of rotatable bonds is 5. The molecule has 1 heterocycles. The maximum Gasteiger partial charge on any atom is 0.164 e. The SMILES string of the molecule is c1ccc(-c2cccc(-c3cccc(-c4nc(-c5ccccc5)nc(-c5cccc6c7ccccc7c7ccccc7c56)n4)c3)c2)cc1. The topological polar surface area (TPSA) is 38.7 Å². The van der Waals surface area contributed by atoms with Gasteiger partial charge in [-0.3, -0.25) is 0 Å². The monoisotopic (exact) mass is 611 g/mol. The van der Waals surface area contributed by atoms with Crippen LogP contribution < -0.4 is 0 Å². The van der Waals surface area contributed by atoms with E-state index in [0.29, 0.717) is 17.5 Å². The van der Waals surface area contributed by atoms with Gasteiger partial charge in [-0.2, -0.15) is 0 Å². The molecule has 224 valence electrons. The van der Waals surface area contributed by atoms with Crippen LogP contribution in [0.5, 0.6) is 0 Å². The summed E-state index contributed by atoms with van der Waals surface area (Å²) >= 11 is 0. The van der Waals surface area contributed by atoms with E-state index in [1.165, 1.54) is 38.1 Å². The molecule has 0 amide bonds. The zero-order valence-corrected chi connectivity index (χ0v) is 26.1. The highest BCUT2D eigenvalue weighted by Gasteiger charge is 2.18. The molecule has 1 aromatic heterocycles. The van der Waals surface area contributed by atoms with Gasteiger partial charge in [-0.1, -0.05) is 164 Å². The van der Waals surface area contributed by atoms with E-state index in [1.807, 2.05) is 24.3 Å². The molecule has 0 saturated heterocycles. The molecule has 0 N–H and O–H groups in total. The summed E-state index contributed by atoms with van der Waals surface area (Å²) in [7, 11) is 0. The van der Waals surface area contributed by atoms with Crippen LogP contribution in [-0.2, 0) is 0 Å². The number of benzene rings is 8. The molecule has 0 atom stereocenters. The molecule has 3 nitrogen and oxygen atoms in total. The lowest BCUT2D eigenvalue weighted by atomic mass is 9.91. The number of nitrogens with zero attached hydrogens (tertiary/aromatic N) is 3. The first-order valence-corrected chi connectivity index (χ1v) is 16.2. The maximum absolute atomic E-state index is 5.21. The largest absolute Gasteiger partial charge is 0.208 e. The van der Waals surface area contributed by atoms with E-state index in [1.54, 1.807) is 0 Å². The molecule has 0 spiro atoms. The molecule has 0 fully saturated rings. The normalized spacial score (nSPS) is 11.3. The Morgan fingerprint density at radius 3 is 1.25 bits per heavy atom. The first-order chi connectivity index (χ1) is 23.8. The first-order valence-electron chi connectivity index (χ1n) is 16.2. The molecule has 48 heavy (non-hydrogen) atoms. The maximum atomic E-state index is 5.21. The lowest BCUT2D eigenvalue weighted by Gasteiger charge is -2.15. The fraction of sp³-hybridized carbons (Fsp3) is 0. The van der Waals surface area contributed by atoms with E-state index in [-0.39, 0.29) is 0 Å². The summed E-state index contributed by atoms with van der Waals surface area (Å²) < 4.78 is 0. The van der Waals surface area contributed by atoms with Crippen molar-refractivity contribution in [2.45, 2.75) is 0 Å². The molecule has 0 aliphatic heterocycles. The van der Waals surface area contributed by atoms with Gasteiger partial charge in [0.2, 0.25) is 0 Å². The molecule has 0 aliphatic rings. The van der Waals surface area contributed by atoms with Crippen molar-refractivity contribution >= 4 is 32.3 Å². The lowest BCUT2D eigenvalue weighted by molar-refractivity contribution is 1.08. The molecule has 0 bridgehead atoms. The number of aromatic nitrogens is 3. The van der Waals surface area contributed by atoms with E-state index in [0.717, 1.165) is 33.2 Å². The third-order valence-electron chi connectivity index (χ3n) is 9.10. The predicted molar refractivity (Wildman–Crippen MR) is 200 cm³/mol. The Morgan fingerprint density at radius 1 is 0.250 bits per heavy atom. The molecule has 8 aromatic carbocycles. The van der Waals surface area contributed by atoms with Crippen LogP contribution in [0.25, 0.3) is 88.7 Å². The van der Waals surface area contributed by atoms with Crippen LogP contribution in [0.4, 0.5) is 0 Å². The Balaban J connectivity index is 1.26. The van der Waals surface area contributed by atoms with Crippen LogP contribution in [0.3, 0.4) is 0 Å². The van der Waals surface area contributed by atoms with Crippen LogP contribution in [0.15, 0.2) is 176 Å². The molecule has 9 aromatic rings. The number of fused-ring (bicyclic) bond motifs is 6. The van der Waals surface area contributed by atoms with Gasteiger partial charge >= 0.3 is 0 Å². The summed E-state index contributed by atoms with van der Waals surface area (Å²) in [6, 6.07) is 61.6. The van der Waals surface area contributed by atoms with Crippen molar-refractivity contribution in [1.82, 2.24) is 15.0 Å². The van der Waals surface area contributed by atoms with Gasteiger partial charge in [-0.15, -0.1) is 0 Å². The fourth-order valence-corrected chi connectivity index (χ4v) is 6.83. The van der Waals surface area contributed by atoms with E-state index in [2.05, 4.69) is 152 Å². The van der Waals surface area contributed by atoms with Gasteiger partial charge in [0.1, 0.15) is 0 Å². The summed E-state index contributed by atoms with van der Waals surface area (Å²) in [6.45, 7) is 0. The Hall–Kier alpha value is -6.45. The molecule has 9 rings (SSSR count). The molecule has 0 unspecified atom stereocenters. The second-order valence-electron chi connectivity index (χ2n) is 12.0. The van der Waals surface area contributed by atoms with Gasteiger partial charge in [0.05, 0.1) is 0 Å². The quantitative estimate of drug-likeness (QED) is 0.182. The third kappa shape index (κ3) is 4.90. The molecule has 3 heteroatoms. The minimum Gasteiger partial charge on any atom is -0.208 e. The third-order valence-corrected chi connectivity index (χ3v) is 9.10. The summed E-state index contributed by atoms with van der Waals surface area (Å²) in [5.41, 5.74) is 7.50. The second-order valence-corrected chi connectivity index (χ2v) is 12.0. The molecule has 0 saturated carbocycles. The lowest BCUT2D eigenvalue weighted by Crippen LogP contribution is -2.01. The Morgan fingerprint density at radius 2 is 0.625 bits per heavy atom. The summed E-state index contributed by atoms with van der Waals surface area (Å²) in [5, 5.41) is 7.20. The van der Waals surface area contributed by atoms with E-state index in [4.69, 9.17) is 15.0 Å². The highest BCUT2D eigenvalue weighted by Crippen LogP contribution is 2.40. The van der Waals surface area contributed by atoms with Gasteiger partial charge in [-0.25, -0.2) is 15.0 Å². The highest BCUT2D eigenvalue weighted by molar-refractivity contribution is 6.28. The van der Waals surface area contributed by atoms with Crippen LogP contribution in [0, 0.1) is 0 Å². The zero-order chi connectivity index (χ0) is 31.9. The predicted octanol–water partition coefficient (Wildman–Crippen LogP) is 11.7. The van der Waals surface area contributed by atoms with Gasteiger partial charge in [0.25, 0.3) is 0 Å². The van der Waals surface area contributed by atoms with Crippen molar-refractivity contribution in [1.29, 1.82) is 0 Å². The Kier molecular flexibility index (Phi) is 6.80.